The van der Waals surface area contributed by atoms with Crippen molar-refractivity contribution in [2.45, 2.75) is 19.8 Å². The number of carbonyl (C=O) groups excluding carboxylic acids is 1. The van der Waals surface area contributed by atoms with Crippen molar-refractivity contribution in [2.24, 2.45) is 0 Å². The van der Waals surface area contributed by atoms with Gasteiger partial charge in [-0.1, -0.05) is 41.9 Å². The van der Waals surface area contributed by atoms with Gasteiger partial charge in [-0.2, -0.15) is 8.78 Å². The molecule has 0 bridgehead atoms. The number of ether oxygens (including phenoxy) is 2. The Balaban J connectivity index is 1.33. The largest absolute Gasteiger partial charge is 0.488 e. The minimum Gasteiger partial charge on any atom is -0.488 e. The van der Waals surface area contributed by atoms with Crippen LogP contribution in [0.4, 0.5) is 8.78 Å². The number of benzene rings is 3. The number of alkyl halides is 2. The quantitative estimate of drug-likeness (QED) is 0.163. The third-order valence-corrected chi connectivity index (χ3v) is 7.52. The van der Waals surface area contributed by atoms with E-state index >= 15 is 0 Å². The smallest absolute Gasteiger partial charge is 0.387 e. The topological polar surface area (TPSA) is 51.7 Å². The predicted octanol–water partition coefficient (Wildman–Crippen LogP) is 8.58. The first-order chi connectivity index (χ1) is 19.9. The lowest BCUT2D eigenvalue weighted by molar-refractivity contribution is -0.0498. The summed E-state index contributed by atoms with van der Waals surface area (Å²) in [5.74, 6) is 0.642. The molecule has 9 heteroatoms. The molecule has 0 aliphatic carbocycles. The molecule has 208 valence electrons. The summed E-state index contributed by atoms with van der Waals surface area (Å²) in [4.78, 5) is 19.8. The Labute approximate surface area is 245 Å². The number of pyridine rings is 1. The van der Waals surface area contributed by atoms with Gasteiger partial charge in [0.2, 0.25) is 0 Å². The molecule has 2 aromatic heterocycles. The summed E-state index contributed by atoms with van der Waals surface area (Å²) < 4.78 is 35.4. The molecule has 0 fully saturated rings. The van der Waals surface area contributed by atoms with Crippen LogP contribution in [0, 0.1) is 0 Å². The fraction of sp³-hybridized carbons (Fsp3) is 0.125. The molecule has 0 unspecified atom stereocenters. The lowest BCUT2D eigenvalue weighted by Crippen LogP contribution is -2.26. The van der Waals surface area contributed by atoms with E-state index in [2.05, 4.69) is 9.72 Å². The molecule has 5 aromatic rings. The summed E-state index contributed by atoms with van der Waals surface area (Å²) >= 11 is 7.96. The van der Waals surface area contributed by atoms with Crippen molar-refractivity contribution >= 4 is 28.8 Å². The summed E-state index contributed by atoms with van der Waals surface area (Å²) in [5.41, 5.74) is 5.08. The Morgan fingerprint density at radius 1 is 0.976 bits per heavy atom. The highest BCUT2D eigenvalue weighted by atomic mass is 35.5. The molecule has 0 saturated heterocycles. The molecule has 5 rings (SSSR count). The van der Waals surface area contributed by atoms with E-state index in [1.165, 1.54) is 12.1 Å². The number of carbonyl (C=O) groups is 1. The first-order valence-electron chi connectivity index (χ1n) is 12.7. The first-order valence-corrected chi connectivity index (χ1v) is 13.9. The van der Waals surface area contributed by atoms with Crippen molar-refractivity contribution in [1.82, 2.24) is 9.88 Å². The average molecular weight is 591 g/mol. The maximum Gasteiger partial charge on any atom is 0.387 e. The van der Waals surface area contributed by atoms with Crippen LogP contribution in [0.25, 0.3) is 21.6 Å². The Morgan fingerprint density at radius 3 is 2.46 bits per heavy atom. The highest BCUT2D eigenvalue weighted by Crippen LogP contribution is 2.42. The number of nitrogens with zero attached hydrogens (tertiary/aromatic N) is 2. The molecule has 0 aliphatic heterocycles. The second kappa shape index (κ2) is 12.9. The van der Waals surface area contributed by atoms with Gasteiger partial charge in [-0.15, -0.1) is 11.3 Å². The van der Waals surface area contributed by atoms with E-state index in [0.29, 0.717) is 22.9 Å². The fourth-order valence-electron chi connectivity index (χ4n) is 4.33. The Morgan fingerprint density at radius 2 is 1.76 bits per heavy atom. The number of halogens is 3. The first kappa shape index (κ1) is 28.3. The third-order valence-electron chi connectivity index (χ3n) is 6.32. The monoisotopic (exact) mass is 590 g/mol. The molecule has 0 spiro atoms. The molecule has 0 atom stereocenters. The molecule has 3 aromatic carbocycles. The van der Waals surface area contributed by atoms with Gasteiger partial charge in [0.1, 0.15) is 18.1 Å². The van der Waals surface area contributed by atoms with Crippen LogP contribution in [-0.4, -0.2) is 29.5 Å². The van der Waals surface area contributed by atoms with E-state index in [1.54, 1.807) is 53.9 Å². The SMILES string of the molecule is CN(Cc1cccnc1)C(=O)c1ccc(-c2sccc2-c2cc(Cl)ccc2OCc2ccc(OC(F)F)cc2)cc1. The van der Waals surface area contributed by atoms with Crippen LogP contribution >= 0.6 is 22.9 Å². The van der Waals surface area contributed by atoms with E-state index in [4.69, 9.17) is 16.3 Å². The molecule has 0 aliphatic rings. The molecule has 41 heavy (non-hydrogen) atoms. The summed E-state index contributed by atoms with van der Waals surface area (Å²) in [5, 5.41) is 2.56. The lowest BCUT2D eigenvalue weighted by Gasteiger charge is -2.17. The summed E-state index contributed by atoms with van der Waals surface area (Å²) in [7, 11) is 1.77. The maximum atomic E-state index is 13.0. The second-order valence-corrected chi connectivity index (χ2v) is 10.6. The lowest BCUT2D eigenvalue weighted by atomic mass is 10.0. The highest BCUT2D eigenvalue weighted by Gasteiger charge is 2.17. The van der Waals surface area contributed by atoms with Crippen molar-refractivity contribution in [3.05, 3.63) is 124 Å². The van der Waals surface area contributed by atoms with E-state index < -0.39 is 6.61 Å². The zero-order valence-electron chi connectivity index (χ0n) is 22.0. The van der Waals surface area contributed by atoms with Crippen molar-refractivity contribution in [1.29, 1.82) is 0 Å². The average Bonchev–Trinajstić information content (AvgIpc) is 3.47. The zero-order valence-corrected chi connectivity index (χ0v) is 23.5. The van der Waals surface area contributed by atoms with Crippen LogP contribution in [0.3, 0.4) is 0 Å². The number of rotatable bonds is 10. The minimum atomic E-state index is -2.87. The number of hydrogen-bond donors (Lipinski definition) is 0. The summed E-state index contributed by atoms with van der Waals surface area (Å²) in [6, 6.07) is 25.1. The highest BCUT2D eigenvalue weighted by molar-refractivity contribution is 7.14. The van der Waals surface area contributed by atoms with Crippen LogP contribution in [0.5, 0.6) is 11.5 Å². The van der Waals surface area contributed by atoms with Crippen LogP contribution in [0.2, 0.25) is 5.02 Å². The second-order valence-electron chi connectivity index (χ2n) is 9.21. The number of hydrogen-bond acceptors (Lipinski definition) is 5. The molecule has 1 amide bonds. The normalized spacial score (nSPS) is 11.0. The molecular formula is C32H25ClF2N2O3S. The van der Waals surface area contributed by atoms with Crippen molar-refractivity contribution in [3.63, 3.8) is 0 Å². The van der Waals surface area contributed by atoms with E-state index in [-0.39, 0.29) is 18.3 Å². The number of thiophene rings is 1. The van der Waals surface area contributed by atoms with Crippen LogP contribution in [0.15, 0.2) is 103 Å². The van der Waals surface area contributed by atoms with E-state index in [9.17, 15) is 13.6 Å². The molecule has 2 heterocycles. The standard InChI is InChI=1S/C32H25ClF2N2O3S/c1-37(19-22-3-2-15-36-18-22)31(38)24-8-6-23(7-9-24)30-27(14-16-41-30)28-17-25(33)10-13-29(28)39-20-21-4-11-26(12-5-21)40-32(34)35/h2-18,32H,19-20H2,1H3. The van der Waals surface area contributed by atoms with Gasteiger partial charge in [0.05, 0.1) is 0 Å². The van der Waals surface area contributed by atoms with Crippen LogP contribution < -0.4 is 9.47 Å². The minimum absolute atomic E-state index is 0.0777. The summed E-state index contributed by atoms with van der Waals surface area (Å²) in [6.45, 7) is -2.18. The Bertz CT molecular complexity index is 1610. The molecular weight excluding hydrogens is 566 g/mol. The van der Waals surface area contributed by atoms with Gasteiger partial charge < -0.3 is 14.4 Å². The molecule has 0 N–H and O–H groups in total. The molecule has 0 radical (unpaired) electrons. The van der Waals surface area contributed by atoms with Gasteiger partial charge in [0, 0.05) is 52.6 Å². The predicted molar refractivity (Wildman–Crippen MR) is 158 cm³/mol. The van der Waals surface area contributed by atoms with E-state index in [1.807, 2.05) is 60.0 Å². The van der Waals surface area contributed by atoms with Gasteiger partial charge in [-0.3, -0.25) is 9.78 Å². The third kappa shape index (κ3) is 7.09. The fourth-order valence-corrected chi connectivity index (χ4v) is 5.42. The number of amides is 1. The van der Waals surface area contributed by atoms with Gasteiger partial charge in [-0.05, 0) is 76.7 Å². The molecule has 5 nitrogen and oxygen atoms in total. The van der Waals surface area contributed by atoms with Crippen LogP contribution in [-0.2, 0) is 13.2 Å². The van der Waals surface area contributed by atoms with E-state index in [0.717, 1.165) is 32.7 Å². The maximum absolute atomic E-state index is 13.0. The summed E-state index contributed by atoms with van der Waals surface area (Å²) in [6.07, 6.45) is 3.46. The van der Waals surface area contributed by atoms with Crippen molar-refractivity contribution in [3.8, 4) is 33.1 Å². The van der Waals surface area contributed by atoms with Gasteiger partial charge in [-0.25, -0.2) is 0 Å². The van der Waals surface area contributed by atoms with Crippen molar-refractivity contribution in [2.75, 3.05) is 7.05 Å². The van der Waals surface area contributed by atoms with Crippen LogP contribution in [0.1, 0.15) is 21.5 Å². The Kier molecular flexibility index (Phi) is 8.91. The number of aromatic nitrogens is 1. The van der Waals surface area contributed by atoms with Gasteiger partial charge in [0.15, 0.2) is 0 Å². The zero-order chi connectivity index (χ0) is 28.8. The Hall–Kier alpha value is -4.27. The van der Waals surface area contributed by atoms with Crippen molar-refractivity contribution < 1.29 is 23.0 Å². The van der Waals surface area contributed by atoms with Gasteiger partial charge >= 0.3 is 6.61 Å². The molecule has 0 saturated carbocycles. The van der Waals surface area contributed by atoms with Gasteiger partial charge in [0.25, 0.3) is 5.91 Å².